The fourth-order valence-corrected chi connectivity index (χ4v) is 3.58. The zero-order valence-corrected chi connectivity index (χ0v) is 19.8. The second kappa shape index (κ2) is 10.6. The summed E-state index contributed by atoms with van der Waals surface area (Å²) >= 11 is 0. The third-order valence-corrected chi connectivity index (χ3v) is 5.44. The van der Waals surface area contributed by atoms with Crippen LogP contribution in [0.4, 0.5) is 33.3 Å². The van der Waals surface area contributed by atoms with Crippen LogP contribution in [0.5, 0.6) is 0 Å². The molecule has 3 heterocycles. The van der Waals surface area contributed by atoms with Crippen molar-refractivity contribution in [1.82, 2.24) is 29.5 Å². The lowest BCUT2D eigenvalue weighted by Crippen LogP contribution is -2.12. The Morgan fingerprint density at radius 1 is 0.946 bits per heavy atom. The smallest absolute Gasteiger partial charge is 0.255 e. The second-order valence-corrected chi connectivity index (χ2v) is 8.04. The lowest BCUT2D eigenvalue weighted by molar-refractivity contribution is 0.102. The molecule has 5 aromatic rings. The number of amides is 1. The molecule has 0 aliphatic carbocycles. The number of alkyl halides is 1. The maximum atomic E-state index is 13.0. The quantitative estimate of drug-likeness (QED) is 0.276. The molecule has 0 saturated carbocycles. The third-order valence-electron chi connectivity index (χ3n) is 5.44. The molecule has 0 aliphatic rings. The van der Waals surface area contributed by atoms with Gasteiger partial charge >= 0.3 is 0 Å². The number of nitrogens with one attached hydrogen (secondary N) is 3. The number of halogens is 1. The highest BCUT2D eigenvalue weighted by Crippen LogP contribution is 2.26. The monoisotopic (exact) mass is 495 g/mol. The van der Waals surface area contributed by atoms with Crippen LogP contribution in [0.3, 0.4) is 0 Å². The van der Waals surface area contributed by atoms with Gasteiger partial charge in [0.05, 0.1) is 6.20 Å². The molecule has 0 saturated heterocycles. The summed E-state index contributed by atoms with van der Waals surface area (Å²) in [4.78, 5) is 34.0. The van der Waals surface area contributed by atoms with Gasteiger partial charge in [-0.05, 0) is 42.3 Å². The number of imidazole rings is 1. The van der Waals surface area contributed by atoms with E-state index in [1.54, 1.807) is 65.9 Å². The molecular weight excluding hydrogens is 473 g/mol. The van der Waals surface area contributed by atoms with Crippen molar-refractivity contribution in [3.05, 3.63) is 103 Å². The molecule has 3 N–H and O–H groups in total. The van der Waals surface area contributed by atoms with Crippen LogP contribution < -0.4 is 16.0 Å². The Hall–Kier alpha value is -5.19. The maximum Gasteiger partial charge on any atom is 0.255 e. The summed E-state index contributed by atoms with van der Waals surface area (Å²) in [6.45, 7) is 1.32. The Balaban J connectivity index is 1.35. The van der Waals surface area contributed by atoms with Gasteiger partial charge in [-0.3, -0.25) is 14.3 Å². The van der Waals surface area contributed by atoms with E-state index in [-0.39, 0.29) is 5.91 Å². The summed E-state index contributed by atoms with van der Waals surface area (Å²) < 4.78 is 14.8. The molecule has 3 aromatic heterocycles. The van der Waals surface area contributed by atoms with Crippen molar-refractivity contribution in [2.45, 2.75) is 13.6 Å². The lowest BCUT2D eigenvalue weighted by atomic mass is 10.1. The summed E-state index contributed by atoms with van der Waals surface area (Å²) in [7, 11) is 0. The first-order valence-corrected chi connectivity index (χ1v) is 11.3. The Kier molecular flexibility index (Phi) is 6.75. The molecule has 0 spiro atoms. The molecular formula is C26H22FN9O. The van der Waals surface area contributed by atoms with Crippen LogP contribution in [-0.2, 0) is 6.67 Å². The molecule has 0 fully saturated rings. The Morgan fingerprint density at radius 2 is 1.86 bits per heavy atom. The van der Waals surface area contributed by atoms with Gasteiger partial charge in [-0.1, -0.05) is 18.2 Å². The minimum absolute atomic E-state index is 0.323. The van der Waals surface area contributed by atoms with E-state index < -0.39 is 6.67 Å². The first-order valence-electron chi connectivity index (χ1n) is 11.3. The highest BCUT2D eigenvalue weighted by molar-refractivity contribution is 6.04. The van der Waals surface area contributed by atoms with E-state index in [9.17, 15) is 9.18 Å². The van der Waals surface area contributed by atoms with Gasteiger partial charge in [0.1, 0.15) is 30.5 Å². The first kappa shape index (κ1) is 23.5. The molecule has 0 bridgehead atoms. The molecule has 0 atom stereocenters. The van der Waals surface area contributed by atoms with Gasteiger partial charge < -0.3 is 16.0 Å². The normalized spacial score (nSPS) is 10.6. The predicted molar refractivity (Wildman–Crippen MR) is 138 cm³/mol. The molecule has 10 nitrogen and oxygen atoms in total. The average Bonchev–Trinajstić information content (AvgIpc) is 3.39. The predicted octanol–water partition coefficient (Wildman–Crippen LogP) is 4.97. The van der Waals surface area contributed by atoms with E-state index >= 15 is 0 Å². The zero-order chi connectivity index (χ0) is 25.6. The van der Waals surface area contributed by atoms with Crippen molar-refractivity contribution in [3.8, 4) is 5.82 Å². The van der Waals surface area contributed by atoms with Crippen LogP contribution in [-0.4, -0.2) is 35.4 Å². The number of anilines is 5. The third kappa shape index (κ3) is 5.56. The highest BCUT2D eigenvalue weighted by Gasteiger charge is 2.12. The van der Waals surface area contributed by atoms with Crippen LogP contribution in [0.25, 0.3) is 5.82 Å². The summed E-state index contributed by atoms with van der Waals surface area (Å²) in [5, 5.41) is 9.26. The Morgan fingerprint density at radius 3 is 2.70 bits per heavy atom. The van der Waals surface area contributed by atoms with Gasteiger partial charge in [0, 0.05) is 47.8 Å². The van der Waals surface area contributed by atoms with E-state index in [2.05, 4.69) is 40.9 Å². The number of aryl methyl sites for hydroxylation is 1. The summed E-state index contributed by atoms with van der Waals surface area (Å²) in [6, 6.07) is 13.7. The minimum Gasteiger partial charge on any atom is -0.325 e. The van der Waals surface area contributed by atoms with Crippen molar-refractivity contribution in [3.63, 3.8) is 0 Å². The standard InChI is InChI=1S/C26H22FN9O/c1-17-5-6-20(33-25(37)19-4-2-3-18(11-19)14-27)12-21(17)34-26-30-9-10-36(26)24-13-22(31-16-32-24)35-23-15-28-7-8-29-23/h2-13,15-16H,14H2,1H3,(H,30,34)(H,33,37)(H,29,31,32,35). The molecule has 0 aliphatic heterocycles. The molecule has 184 valence electrons. The number of hydrogen-bond acceptors (Lipinski definition) is 8. The second-order valence-electron chi connectivity index (χ2n) is 8.04. The maximum absolute atomic E-state index is 13.0. The van der Waals surface area contributed by atoms with Gasteiger partial charge in [0.25, 0.3) is 5.91 Å². The fraction of sp³-hybridized carbons (Fsp3) is 0.0769. The number of rotatable bonds is 8. The van der Waals surface area contributed by atoms with Crippen molar-refractivity contribution in [1.29, 1.82) is 0 Å². The van der Waals surface area contributed by atoms with Crippen LogP contribution in [0.1, 0.15) is 21.5 Å². The number of carbonyl (C=O) groups excluding carboxylic acids is 1. The lowest BCUT2D eigenvalue weighted by Gasteiger charge is -2.14. The molecule has 37 heavy (non-hydrogen) atoms. The summed E-state index contributed by atoms with van der Waals surface area (Å²) in [5.74, 6) is 1.88. The molecule has 5 rings (SSSR count). The molecule has 0 radical (unpaired) electrons. The molecule has 11 heteroatoms. The largest absolute Gasteiger partial charge is 0.325 e. The van der Waals surface area contributed by atoms with Crippen LogP contribution in [0, 0.1) is 6.92 Å². The zero-order valence-electron chi connectivity index (χ0n) is 19.8. The van der Waals surface area contributed by atoms with E-state index in [1.165, 1.54) is 12.4 Å². The summed E-state index contributed by atoms with van der Waals surface area (Å²) in [5.41, 5.74) is 3.11. The van der Waals surface area contributed by atoms with Gasteiger partial charge in [0.2, 0.25) is 5.95 Å². The van der Waals surface area contributed by atoms with E-state index in [0.717, 1.165) is 11.3 Å². The summed E-state index contributed by atoms with van der Waals surface area (Å²) in [6.07, 6.45) is 9.64. The van der Waals surface area contributed by atoms with Crippen LogP contribution in [0.15, 0.2) is 85.8 Å². The van der Waals surface area contributed by atoms with Gasteiger partial charge in [-0.25, -0.2) is 24.3 Å². The van der Waals surface area contributed by atoms with Gasteiger partial charge in [0.15, 0.2) is 0 Å². The molecule has 1 amide bonds. The number of nitrogens with zero attached hydrogens (tertiary/aromatic N) is 6. The highest BCUT2D eigenvalue weighted by atomic mass is 19.1. The van der Waals surface area contributed by atoms with E-state index in [1.807, 2.05) is 19.1 Å². The van der Waals surface area contributed by atoms with Gasteiger partial charge in [-0.15, -0.1) is 0 Å². The Labute approximate surface area is 211 Å². The van der Waals surface area contributed by atoms with E-state index in [0.29, 0.717) is 40.2 Å². The van der Waals surface area contributed by atoms with Crippen LogP contribution >= 0.6 is 0 Å². The topological polar surface area (TPSA) is 123 Å². The van der Waals surface area contributed by atoms with Crippen molar-refractivity contribution in [2.24, 2.45) is 0 Å². The number of benzene rings is 2. The fourth-order valence-electron chi connectivity index (χ4n) is 3.58. The minimum atomic E-state index is -0.628. The van der Waals surface area contributed by atoms with E-state index in [4.69, 9.17) is 0 Å². The Bertz CT molecular complexity index is 1540. The number of hydrogen-bond donors (Lipinski definition) is 3. The average molecular weight is 496 g/mol. The first-order chi connectivity index (χ1) is 18.1. The number of carbonyl (C=O) groups is 1. The molecule has 0 unspecified atom stereocenters. The number of aromatic nitrogens is 6. The van der Waals surface area contributed by atoms with Crippen molar-refractivity contribution >= 4 is 34.9 Å². The van der Waals surface area contributed by atoms with Gasteiger partial charge in [-0.2, -0.15) is 0 Å². The molecule has 2 aromatic carbocycles. The SMILES string of the molecule is Cc1ccc(NC(=O)c2cccc(CF)c2)cc1Nc1nccn1-c1cc(Nc2cnccn2)ncn1. The van der Waals surface area contributed by atoms with Crippen LogP contribution in [0.2, 0.25) is 0 Å². The van der Waals surface area contributed by atoms with Crippen molar-refractivity contribution < 1.29 is 9.18 Å². The van der Waals surface area contributed by atoms with Crippen molar-refractivity contribution in [2.75, 3.05) is 16.0 Å².